The van der Waals surface area contributed by atoms with Gasteiger partial charge in [0.05, 0.1) is 7.11 Å². The number of rotatable bonds is 6. The summed E-state index contributed by atoms with van der Waals surface area (Å²) < 4.78 is 10.8. The predicted molar refractivity (Wildman–Crippen MR) is 94.3 cm³/mol. The maximum atomic E-state index is 10.9. The molecule has 1 aromatic carbocycles. The van der Waals surface area contributed by atoms with Crippen molar-refractivity contribution in [3.63, 3.8) is 0 Å². The molecule has 4 heteroatoms. The molecule has 1 aliphatic carbocycles. The van der Waals surface area contributed by atoms with Crippen molar-refractivity contribution < 1.29 is 14.3 Å². The van der Waals surface area contributed by atoms with Crippen molar-refractivity contribution in [2.45, 2.75) is 59.4 Å². The Hall–Kier alpha value is -1.55. The summed E-state index contributed by atoms with van der Waals surface area (Å²) in [6.07, 6.45) is 4.24. The molecule has 0 spiro atoms. The van der Waals surface area contributed by atoms with Gasteiger partial charge in [0.25, 0.3) is 0 Å². The van der Waals surface area contributed by atoms with Gasteiger partial charge in [0.2, 0.25) is 0 Å². The van der Waals surface area contributed by atoms with E-state index in [2.05, 4.69) is 20.8 Å². The molecule has 1 aliphatic rings. The first-order valence-corrected chi connectivity index (χ1v) is 8.49. The van der Waals surface area contributed by atoms with E-state index in [4.69, 9.17) is 15.2 Å². The molecular weight excluding hydrogens is 290 g/mol. The summed E-state index contributed by atoms with van der Waals surface area (Å²) in [6, 6.07) is 3.83. The van der Waals surface area contributed by atoms with Crippen LogP contribution in [0.25, 0.3) is 0 Å². The molecule has 0 radical (unpaired) electrons. The highest BCUT2D eigenvalue weighted by atomic mass is 16.5. The fourth-order valence-electron chi connectivity index (χ4n) is 2.49. The summed E-state index contributed by atoms with van der Waals surface area (Å²) in [5.41, 5.74) is 8.15. The summed E-state index contributed by atoms with van der Waals surface area (Å²) in [6.45, 7) is 8.35. The molecule has 0 aromatic heterocycles. The Kier molecular flexibility index (Phi) is 8.10. The molecular formula is C19H31NO3. The zero-order chi connectivity index (χ0) is 17.4. The van der Waals surface area contributed by atoms with Gasteiger partial charge in [-0.3, -0.25) is 4.79 Å². The molecule has 130 valence electrons. The first-order valence-electron chi connectivity index (χ1n) is 8.49. The highest BCUT2D eigenvalue weighted by Gasteiger charge is 2.25. The van der Waals surface area contributed by atoms with Crippen molar-refractivity contribution >= 4 is 5.78 Å². The maximum absolute atomic E-state index is 10.9. The maximum Gasteiger partial charge on any atom is 0.167 e. The molecule has 0 heterocycles. The van der Waals surface area contributed by atoms with Gasteiger partial charge in [-0.2, -0.15) is 0 Å². The lowest BCUT2D eigenvalue weighted by Crippen LogP contribution is -2.19. The van der Waals surface area contributed by atoms with E-state index in [1.54, 1.807) is 7.11 Å². The summed E-state index contributed by atoms with van der Waals surface area (Å²) in [7, 11) is 1.65. The second kappa shape index (κ2) is 9.56. The number of carbonyl (C=O) groups is 1. The van der Waals surface area contributed by atoms with Crippen LogP contribution >= 0.6 is 0 Å². The van der Waals surface area contributed by atoms with Crippen LogP contribution in [-0.4, -0.2) is 25.5 Å². The molecule has 0 amide bonds. The van der Waals surface area contributed by atoms with Crippen molar-refractivity contribution in [1.82, 2.24) is 0 Å². The molecule has 0 saturated carbocycles. The van der Waals surface area contributed by atoms with E-state index in [9.17, 15) is 4.79 Å². The van der Waals surface area contributed by atoms with Gasteiger partial charge in [-0.1, -0.05) is 33.6 Å². The van der Waals surface area contributed by atoms with Crippen LogP contribution in [0.4, 0.5) is 0 Å². The summed E-state index contributed by atoms with van der Waals surface area (Å²) >= 11 is 0. The van der Waals surface area contributed by atoms with Gasteiger partial charge in [0.1, 0.15) is 18.1 Å². The van der Waals surface area contributed by atoms with Crippen molar-refractivity contribution in [3.05, 3.63) is 23.3 Å². The van der Waals surface area contributed by atoms with Crippen LogP contribution < -0.4 is 15.2 Å². The van der Waals surface area contributed by atoms with Gasteiger partial charge >= 0.3 is 0 Å². The molecule has 2 rings (SSSR count). The van der Waals surface area contributed by atoms with Crippen LogP contribution in [0.5, 0.6) is 11.5 Å². The first-order chi connectivity index (χ1) is 10.9. The smallest absolute Gasteiger partial charge is 0.167 e. The number of ketones is 1. The van der Waals surface area contributed by atoms with Crippen LogP contribution in [0.1, 0.15) is 51.7 Å². The lowest BCUT2D eigenvalue weighted by molar-refractivity contribution is -0.118. The van der Waals surface area contributed by atoms with E-state index in [0.717, 1.165) is 41.4 Å². The van der Waals surface area contributed by atoms with Gasteiger partial charge in [-0.15, -0.1) is 0 Å². The summed E-state index contributed by atoms with van der Waals surface area (Å²) in [5, 5.41) is 0. The Bertz CT molecular complexity index is 510. The topological polar surface area (TPSA) is 61.5 Å². The number of methoxy groups -OCH3 is 1. The number of hydrogen-bond acceptors (Lipinski definition) is 4. The van der Waals surface area contributed by atoms with Crippen molar-refractivity contribution in [3.8, 4) is 11.5 Å². The first kappa shape index (κ1) is 19.5. The van der Waals surface area contributed by atoms with Crippen LogP contribution in [0.15, 0.2) is 12.1 Å². The van der Waals surface area contributed by atoms with Crippen molar-refractivity contribution in [1.29, 1.82) is 0 Å². The second-order valence-corrected chi connectivity index (χ2v) is 6.30. The Labute approximate surface area is 140 Å². The number of ether oxygens (including phenoxy) is 2. The molecule has 0 saturated heterocycles. The molecule has 1 aromatic rings. The largest absolute Gasteiger partial charge is 0.496 e. The number of Topliss-reactive ketones (excluding diaryl/α,β-unsaturated/α-hetero) is 1. The predicted octanol–water partition coefficient (Wildman–Crippen LogP) is 3.53. The number of hydrogen-bond donors (Lipinski definition) is 1. The average Bonchev–Trinajstić information content (AvgIpc) is 2.93. The van der Waals surface area contributed by atoms with Gasteiger partial charge in [0, 0.05) is 17.2 Å². The van der Waals surface area contributed by atoms with Crippen LogP contribution in [0.3, 0.4) is 0 Å². The van der Waals surface area contributed by atoms with E-state index in [-0.39, 0.29) is 18.4 Å². The summed E-state index contributed by atoms with van der Waals surface area (Å²) in [4.78, 5) is 10.9. The van der Waals surface area contributed by atoms with E-state index < -0.39 is 0 Å². The molecule has 0 bridgehead atoms. The minimum atomic E-state index is 0.0110. The number of nitrogens with two attached hydrogens (primary N) is 1. The molecule has 0 fully saturated rings. The molecule has 23 heavy (non-hydrogen) atoms. The minimum absolute atomic E-state index is 0.0110. The van der Waals surface area contributed by atoms with E-state index >= 15 is 0 Å². The number of fused-ring (bicyclic) bond motifs is 1. The molecule has 4 nitrogen and oxygen atoms in total. The van der Waals surface area contributed by atoms with E-state index in [0.29, 0.717) is 0 Å². The fourth-order valence-corrected chi connectivity index (χ4v) is 2.49. The number of carbonyl (C=O) groups excluding carboxylic acids is 1. The van der Waals surface area contributed by atoms with Crippen LogP contribution in [0.2, 0.25) is 0 Å². The Balaban J connectivity index is 0.000000379. The normalized spacial score (nSPS) is 15.7. The lowest BCUT2D eigenvalue weighted by atomic mass is 10.1. The van der Waals surface area contributed by atoms with Crippen molar-refractivity contribution in [2.75, 3.05) is 13.7 Å². The molecule has 2 N–H and O–H groups in total. The van der Waals surface area contributed by atoms with Crippen molar-refractivity contribution in [2.24, 2.45) is 11.7 Å². The highest BCUT2D eigenvalue weighted by Crippen LogP contribution is 2.36. The minimum Gasteiger partial charge on any atom is -0.496 e. The molecule has 0 aliphatic heterocycles. The Morgan fingerprint density at radius 1 is 1.22 bits per heavy atom. The highest BCUT2D eigenvalue weighted by molar-refractivity contribution is 5.77. The third kappa shape index (κ3) is 5.87. The quantitative estimate of drug-likeness (QED) is 0.870. The van der Waals surface area contributed by atoms with Gasteiger partial charge in [-0.25, -0.2) is 0 Å². The van der Waals surface area contributed by atoms with Gasteiger partial charge < -0.3 is 15.2 Å². The van der Waals surface area contributed by atoms with E-state index in [1.807, 2.05) is 12.1 Å². The molecule has 1 unspecified atom stereocenters. The monoisotopic (exact) mass is 321 g/mol. The van der Waals surface area contributed by atoms with Crippen LogP contribution in [0, 0.1) is 5.92 Å². The zero-order valence-electron chi connectivity index (χ0n) is 15.1. The third-order valence-corrected chi connectivity index (χ3v) is 4.32. The average molecular weight is 321 g/mol. The van der Waals surface area contributed by atoms with Gasteiger partial charge in [-0.05, 0) is 37.8 Å². The molecule has 1 atom stereocenters. The third-order valence-electron chi connectivity index (χ3n) is 4.32. The second-order valence-electron chi connectivity index (χ2n) is 6.30. The fraction of sp³-hybridized carbons (Fsp3) is 0.632. The van der Waals surface area contributed by atoms with Gasteiger partial charge in [0.15, 0.2) is 5.78 Å². The van der Waals surface area contributed by atoms with Crippen LogP contribution in [-0.2, 0) is 17.6 Å². The summed E-state index contributed by atoms with van der Waals surface area (Å²) in [5.74, 6) is 2.55. The Morgan fingerprint density at radius 3 is 2.17 bits per heavy atom. The standard InChI is InChI=1S/C13H17NO3.C6H14/c1-8(15)7-17-13-4-3-12(16-2)10-5-9(14)6-11(10)13;1-4-6(3)5-2/h3-4,9H,5-7,14H2,1-2H3;6H,4-5H2,1-3H3. The zero-order valence-corrected chi connectivity index (χ0v) is 15.1. The Morgan fingerprint density at radius 2 is 1.74 bits per heavy atom. The van der Waals surface area contributed by atoms with E-state index in [1.165, 1.54) is 19.8 Å². The lowest BCUT2D eigenvalue weighted by Gasteiger charge is -2.12. The SMILES string of the molecule is CCC(C)CC.COc1ccc(OCC(C)=O)c2c1CC(N)C2. The number of benzene rings is 1.